The number of hydrogen-bond acceptors (Lipinski definition) is 5. The molecular formula is C11H16N4O2. The van der Waals surface area contributed by atoms with Crippen LogP contribution in [0.15, 0.2) is 18.2 Å². The maximum Gasteiger partial charge on any atom is 0.294 e. The molecule has 0 unspecified atom stereocenters. The molecule has 0 atom stereocenters. The van der Waals surface area contributed by atoms with E-state index in [4.69, 9.17) is 5.73 Å². The van der Waals surface area contributed by atoms with Crippen LogP contribution < -0.4 is 10.6 Å². The molecule has 1 fully saturated rings. The van der Waals surface area contributed by atoms with Gasteiger partial charge in [0.2, 0.25) is 0 Å². The first-order chi connectivity index (χ1) is 8.08. The number of likely N-dealkylation sites (N-methyl/N-ethyl adjacent to an activating group) is 1. The van der Waals surface area contributed by atoms with E-state index in [9.17, 15) is 10.1 Å². The lowest BCUT2D eigenvalue weighted by Gasteiger charge is -2.33. The van der Waals surface area contributed by atoms with E-state index >= 15 is 0 Å². The SMILES string of the molecule is CN1CCN(c2ccc(N)cc2[N+](=O)[O-])CC1. The van der Waals surface area contributed by atoms with Gasteiger partial charge in [0.05, 0.1) is 4.92 Å². The molecule has 17 heavy (non-hydrogen) atoms. The summed E-state index contributed by atoms with van der Waals surface area (Å²) in [5, 5.41) is 11.0. The molecule has 0 aromatic heterocycles. The van der Waals surface area contributed by atoms with Crippen molar-refractivity contribution in [3.05, 3.63) is 28.3 Å². The van der Waals surface area contributed by atoms with Gasteiger partial charge in [-0.05, 0) is 19.2 Å². The third-order valence-corrected chi connectivity index (χ3v) is 3.04. The number of hydrogen-bond donors (Lipinski definition) is 1. The summed E-state index contributed by atoms with van der Waals surface area (Å²) in [7, 11) is 2.05. The van der Waals surface area contributed by atoms with Crippen molar-refractivity contribution in [3.8, 4) is 0 Å². The summed E-state index contributed by atoms with van der Waals surface area (Å²) < 4.78 is 0. The molecule has 6 nitrogen and oxygen atoms in total. The highest BCUT2D eigenvalue weighted by atomic mass is 16.6. The molecule has 1 aromatic rings. The normalized spacial score (nSPS) is 17.1. The lowest BCUT2D eigenvalue weighted by Crippen LogP contribution is -2.44. The first-order valence-electron chi connectivity index (χ1n) is 5.55. The van der Waals surface area contributed by atoms with E-state index in [2.05, 4.69) is 11.9 Å². The van der Waals surface area contributed by atoms with Crippen LogP contribution >= 0.6 is 0 Å². The molecule has 6 heteroatoms. The van der Waals surface area contributed by atoms with E-state index in [-0.39, 0.29) is 10.6 Å². The zero-order chi connectivity index (χ0) is 12.4. The highest BCUT2D eigenvalue weighted by Gasteiger charge is 2.22. The van der Waals surface area contributed by atoms with Crippen molar-refractivity contribution in [1.29, 1.82) is 0 Å². The number of nitro benzene ring substituents is 1. The molecular weight excluding hydrogens is 220 g/mol. The average Bonchev–Trinajstić information content (AvgIpc) is 2.30. The Morgan fingerprint density at radius 3 is 2.53 bits per heavy atom. The highest BCUT2D eigenvalue weighted by molar-refractivity contribution is 5.68. The van der Waals surface area contributed by atoms with Crippen LogP contribution in [-0.4, -0.2) is 43.0 Å². The van der Waals surface area contributed by atoms with Crippen molar-refractivity contribution in [2.45, 2.75) is 0 Å². The van der Waals surface area contributed by atoms with Gasteiger partial charge in [-0.1, -0.05) is 0 Å². The van der Waals surface area contributed by atoms with Gasteiger partial charge in [0.1, 0.15) is 5.69 Å². The minimum absolute atomic E-state index is 0.0922. The standard InChI is InChI=1S/C11H16N4O2/c1-13-4-6-14(7-5-13)10-3-2-9(12)8-11(10)15(16)17/h2-3,8H,4-7,12H2,1H3. The van der Waals surface area contributed by atoms with Crippen LogP contribution in [0.1, 0.15) is 0 Å². The topological polar surface area (TPSA) is 75.6 Å². The van der Waals surface area contributed by atoms with Crippen molar-refractivity contribution in [2.75, 3.05) is 43.9 Å². The molecule has 0 saturated carbocycles. The number of benzene rings is 1. The molecule has 1 aliphatic heterocycles. The quantitative estimate of drug-likeness (QED) is 0.469. The Hall–Kier alpha value is -1.82. The van der Waals surface area contributed by atoms with Crippen molar-refractivity contribution >= 4 is 17.1 Å². The molecule has 1 aliphatic rings. The number of nitrogens with zero attached hydrogens (tertiary/aromatic N) is 3. The second-order valence-corrected chi connectivity index (χ2v) is 4.30. The molecule has 1 saturated heterocycles. The predicted molar refractivity (Wildman–Crippen MR) is 67.2 cm³/mol. The minimum atomic E-state index is -0.371. The molecule has 1 aromatic carbocycles. The average molecular weight is 236 g/mol. The van der Waals surface area contributed by atoms with Crippen LogP contribution in [0.4, 0.5) is 17.1 Å². The number of nitrogens with two attached hydrogens (primary N) is 1. The van der Waals surface area contributed by atoms with Gasteiger partial charge in [0.15, 0.2) is 0 Å². The van der Waals surface area contributed by atoms with Gasteiger partial charge < -0.3 is 15.5 Å². The molecule has 0 spiro atoms. The summed E-state index contributed by atoms with van der Waals surface area (Å²) in [4.78, 5) is 14.9. The van der Waals surface area contributed by atoms with Crippen molar-refractivity contribution < 1.29 is 4.92 Å². The Bertz CT molecular complexity index is 427. The lowest BCUT2D eigenvalue weighted by molar-refractivity contribution is -0.384. The second-order valence-electron chi connectivity index (χ2n) is 4.30. The van der Waals surface area contributed by atoms with Gasteiger partial charge in [0.25, 0.3) is 5.69 Å². The molecule has 0 bridgehead atoms. The Morgan fingerprint density at radius 1 is 1.29 bits per heavy atom. The summed E-state index contributed by atoms with van der Waals surface area (Å²) in [6.07, 6.45) is 0. The van der Waals surface area contributed by atoms with Crippen molar-refractivity contribution in [3.63, 3.8) is 0 Å². The van der Waals surface area contributed by atoms with Gasteiger partial charge in [-0.2, -0.15) is 0 Å². The summed E-state index contributed by atoms with van der Waals surface area (Å²) >= 11 is 0. The molecule has 2 rings (SSSR count). The van der Waals surface area contributed by atoms with E-state index < -0.39 is 0 Å². The molecule has 0 radical (unpaired) electrons. The van der Waals surface area contributed by atoms with Crippen LogP contribution in [0.25, 0.3) is 0 Å². The van der Waals surface area contributed by atoms with Crippen LogP contribution in [0, 0.1) is 10.1 Å². The fourth-order valence-corrected chi connectivity index (χ4v) is 2.00. The van der Waals surface area contributed by atoms with Crippen LogP contribution in [0.2, 0.25) is 0 Å². The second kappa shape index (κ2) is 4.58. The Kier molecular flexibility index (Phi) is 3.14. The Morgan fingerprint density at radius 2 is 1.94 bits per heavy atom. The molecule has 1 heterocycles. The first-order valence-corrected chi connectivity index (χ1v) is 5.55. The fourth-order valence-electron chi connectivity index (χ4n) is 2.00. The van der Waals surface area contributed by atoms with Gasteiger partial charge in [-0.3, -0.25) is 10.1 Å². The van der Waals surface area contributed by atoms with E-state index in [0.29, 0.717) is 11.4 Å². The van der Waals surface area contributed by atoms with E-state index in [1.54, 1.807) is 12.1 Å². The maximum atomic E-state index is 11.0. The minimum Gasteiger partial charge on any atom is -0.399 e. The maximum absolute atomic E-state index is 11.0. The van der Waals surface area contributed by atoms with Crippen LogP contribution in [0.5, 0.6) is 0 Å². The van der Waals surface area contributed by atoms with Gasteiger partial charge in [0, 0.05) is 37.9 Å². The number of nitro groups is 1. The molecule has 0 aliphatic carbocycles. The molecule has 2 N–H and O–H groups in total. The third kappa shape index (κ3) is 2.47. The zero-order valence-electron chi connectivity index (χ0n) is 9.80. The van der Waals surface area contributed by atoms with Gasteiger partial charge in [-0.25, -0.2) is 0 Å². The Balaban J connectivity index is 2.28. The number of piperazine rings is 1. The van der Waals surface area contributed by atoms with Gasteiger partial charge in [-0.15, -0.1) is 0 Å². The molecule has 0 amide bonds. The van der Waals surface area contributed by atoms with Crippen molar-refractivity contribution in [2.24, 2.45) is 0 Å². The number of nitrogen functional groups attached to an aromatic ring is 1. The van der Waals surface area contributed by atoms with E-state index in [1.165, 1.54) is 6.07 Å². The van der Waals surface area contributed by atoms with Crippen molar-refractivity contribution in [1.82, 2.24) is 4.90 Å². The van der Waals surface area contributed by atoms with Crippen LogP contribution in [0.3, 0.4) is 0 Å². The largest absolute Gasteiger partial charge is 0.399 e. The third-order valence-electron chi connectivity index (χ3n) is 3.04. The van der Waals surface area contributed by atoms with E-state index in [1.807, 2.05) is 4.90 Å². The Labute approximate surface area is 99.8 Å². The predicted octanol–water partition coefficient (Wildman–Crippen LogP) is 0.929. The lowest BCUT2D eigenvalue weighted by atomic mass is 10.2. The van der Waals surface area contributed by atoms with Crippen LogP contribution in [-0.2, 0) is 0 Å². The summed E-state index contributed by atoms with van der Waals surface area (Å²) in [6, 6.07) is 4.87. The number of anilines is 2. The highest BCUT2D eigenvalue weighted by Crippen LogP contribution is 2.30. The smallest absolute Gasteiger partial charge is 0.294 e. The molecule has 92 valence electrons. The first kappa shape index (κ1) is 11.7. The summed E-state index contributed by atoms with van der Waals surface area (Å²) in [5.74, 6) is 0. The zero-order valence-corrected chi connectivity index (χ0v) is 9.80. The summed E-state index contributed by atoms with van der Waals surface area (Å²) in [6.45, 7) is 3.45. The van der Waals surface area contributed by atoms with E-state index in [0.717, 1.165) is 26.2 Å². The monoisotopic (exact) mass is 236 g/mol. The number of rotatable bonds is 2. The summed E-state index contributed by atoms with van der Waals surface area (Å²) in [5.41, 5.74) is 6.77. The van der Waals surface area contributed by atoms with Gasteiger partial charge >= 0.3 is 0 Å². The fraction of sp³-hybridized carbons (Fsp3) is 0.455.